The molecule has 0 bridgehead atoms. The van der Waals surface area contributed by atoms with Crippen LogP contribution in [0.1, 0.15) is 69.3 Å². The number of hydrogen-bond donors (Lipinski definition) is 1. The Bertz CT molecular complexity index is 942. The standard InChI is InChI=1S/C21H27N3O4S/c1-10-18(14(5)25)13(4)22-19(10)20(27)15(6)28-17(26)9-8-16-11(2)23-21(29-7)24-12(16)3/h15,22H,8-9H2,1-7H3/t15-/m0/s1. The van der Waals surface area contributed by atoms with Gasteiger partial charge in [0.25, 0.3) is 0 Å². The van der Waals surface area contributed by atoms with E-state index in [4.69, 9.17) is 4.74 Å². The first kappa shape index (κ1) is 22.8. The highest BCUT2D eigenvalue weighted by atomic mass is 32.2. The highest BCUT2D eigenvalue weighted by Crippen LogP contribution is 2.21. The molecule has 2 aromatic heterocycles. The van der Waals surface area contributed by atoms with Crippen LogP contribution >= 0.6 is 11.8 Å². The molecule has 0 saturated heterocycles. The first-order valence-electron chi connectivity index (χ1n) is 9.38. The van der Waals surface area contributed by atoms with Gasteiger partial charge in [0.15, 0.2) is 17.0 Å². The van der Waals surface area contributed by atoms with Gasteiger partial charge < -0.3 is 9.72 Å². The summed E-state index contributed by atoms with van der Waals surface area (Å²) in [6.07, 6.45) is 1.54. The molecular formula is C21H27N3O4S. The molecule has 2 heterocycles. The van der Waals surface area contributed by atoms with E-state index in [1.54, 1.807) is 13.8 Å². The summed E-state index contributed by atoms with van der Waals surface area (Å²) in [7, 11) is 0. The molecule has 7 nitrogen and oxygen atoms in total. The second-order valence-corrected chi connectivity index (χ2v) is 7.81. The van der Waals surface area contributed by atoms with Gasteiger partial charge in [-0.1, -0.05) is 11.8 Å². The Morgan fingerprint density at radius 1 is 1.10 bits per heavy atom. The number of aromatic nitrogens is 3. The van der Waals surface area contributed by atoms with Crippen molar-refractivity contribution in [2.75, 3.05) is 6.26 Å². The molecule has 2 aromatic rings. The summed E-state index contributed by atoms with van der Waals surface area (Å²) < 4.78 is 5.34. The van der Waals surface area contributed by atoms with E-state index in [1.807, 2.05) is 20.1 Å². The van der Waals surface area contributed by atoms with Crippen LogP contribution in [0.25, 0.3) is 0 Å². The number of carbonyl (C=O) groups is 3. The molecule has 2 rings (SSSR count). The molecule has 0 radical (unpaired) electrons. The zero-order valence-electron chi connectivity index (χ0n) is 17.9. The molecule has 1 N–H and O–H groups in total. The van der Waals surface area contributed by atoms with Crippen LogP contribution in [0.4, 0.5) is 0 Å². The van der Waals surface area contributed by atoms with Crippen molar-refractivity contribution in [3.8, 4) is 0 Å². The molecule has 8 heteroatoms. The van der Waals surface area contributed by atoms with Crippen molar-refractivity contribution in [1.82, 2.24) is 15.0 Å². The van der Waals surface area contributed by atoms with Crippen molar-refractivity contribution in [3.05, 3.63) is 39.5 Å². The lowest BCUT2D eigenvalue weighted by atomic mass is 10.0. The molecule has 1 atom stereocenters. The Morgan fingerprint density at radius 2 is 1.69 bits per heavy atom. The Kier molecular flexibility index (Phi) is 7.35. The summed E-state index contributed by atoms with van der Waals surface area (Å²) in [5.74, 6) is -0.932. The number of aromatic amines is 1. The van der Waals surface area contributed by atoms with Crippen molar-refractivity contribution < 1.29 is 19.1 Å². The Hall–Kier alpha value is -2.48. The van der Waals surface area contributed by atoms with Crippen molar-refractivity contribution >= 4 is 29.3 Å². The lowest BCUT2D eigenvalue weighted by molar-refractivity contribution is -0.146. The van der Waals surface area contributed by atoms with Gasteiger partial charge in [-0.05, 0) is 65.3 Å². The number of ether oxygens (including phenoxy) is 1. The second kappa shape index (κ2) is 9.35. The van der Waals surface area contributed by atoms with E-state index in [0.717, 1.165) is 17.0 Å². The number of nitrogens with zero attached hydrogens (tertiary/aromatic N) is 2. The Balaban J connectivity index is 2.04. The smallest absolute Gasteiger partial charge is 0.306 e. The molecule has 0 aromatic carbocycles. The van der Waals surface area contributed by atoms with Crippen LogP contribution in [0, 0.1) is 27.7 Å². The van der Waals surface area contributed by atoms with Crippen molar-refractivity contribution in [1.29, 1.82) is 0 Å². The summed E-state index contributed by atoms with van der Waals surface area (Å²) in [6.45, 7) is 10.2. The van der Waals surface area contributed by atoms with E-state index in [9.17, 15) is 14.4 Å². The number of H-pyrrole nitrogens is 1. The van der Waals surface area contributed by atoms with Crippen LogP contribution in [0.2, 0.25) is 0 Å². The van der Waals surface area contributed by atoms with Crippen LogP contribution in [0.15, 0.2) is 5.16 Å². The second-order valence-electron chi connectivity index (χ2n) is 7.04. The van der Waals surface area contributed by atoms with Crippen LogP contribution in [0.5, 0.6) is 0 Å². The summed E-state index contributed by atoms with van der Waals surface area (Å²) in [5, 5.41) is 0.701. The molecule has 0 fully saturated rings. The quantitative estimate of drug-likeness (QED) is 0.302. The summed E-state index contributed by atoms with van der Waals surface area (Å²) >= 11 is 1.47. The fraction of sp³-hybridized carbons (Fsp3) is 0.476. The van der Waals surface area contributed by atoms with Crippen molar-refractivity contribution in [2.24, 2.45) is 0 Å². The van der Waals surface area contributed by atoms with E-state index in [1.165, 1.54) is 25.6 Å². The lowest BCUT2D eigenvalue weighted by Crippen LogP contribution is -2.25. The third-order valence-corrected chi connectivity index (χ3v) is 5.42. The van der Waals surface area contributed by atoms with E-state index in [2.05, 4.69) is 15.0 Å². The molecule has 0 spiro atoms. The van der Waals surface area contributed by atoms with Gasteiger partial charge in [-0.15, -0.1) is 0 Å². The van der Waals surface area contributed by atoms with Gasteiger partial charge in [-0.2, -0.15) is 0 Å². The number of ketones is 2. The Labute approximate surface area is 175 Å². The topological polar surface area (TPSA) is 102 Å². The van der Waals surface area contributed by atoms with Gasteiger partial charge in [-0.3, -0.25) is 14.4 Å². The first-order chi connectivity index (χ1) is 13.6. The number of rotatable bonds is 8. The molecule has 0 aliphatic heterocycles. The molecule has 156 valence electrons. The highest BCUT2D eigenvalue weighted by Gasteiger charge is 2.26. The predicted octanol–water partition coefficient (Wildman–Crippen LogP) is 3.71. The molecule has 0 unspecified atom stereocenters. The number of carbonyl (C=O) groups excluding carboxylic acids is 3. The maximum absolute atomic E-state index is 12.7. The minimum Gasteiger partial charge on any atom is -0.454 e. The van der Waals surface area contributed by atoms with Gasteiger partial charge in [0.05, 0.1) is 5.69 Å². The predicted molar refractivity (Wildman–Crippen MR) is 112 cm³/mol. The minimum absolute atomic E-state index is 0.111. The summed E-state index contributed by atoms with van der Waals surface area (Å²) in [5.41, 5.74) is 4.63. The fourth-order valence-electron chi connectivity index (χ4n) is 3.43. The fourth-order valence-corrected chi connectivity index (χ4v) is 3.88. The zero-order chi connectivity index (χ0) is 21.9. The maximum Gasteiger partial charge on any atom is 0.306 e. The third kappa shape index (κ3) is 5.12. The first-order valence-corrected chi connectivity index (χ1v) is 10.6. The normalized spacial score (nSPS) is 12.0. The Morgan fingerprint density at radius 3 is 2.17 bits per heavy atom. The number of aryl methyl sites for hydroxylation is 3. The summed E-state index contributed by atoms with van der Waals surface area (Å²) in [4.78, 5) is 48.5. The minimum atomic E-state index is -0.948. The number of nitrogens with one attached hydrogen (secondary N) is 1. The molecular weight excluding hydrogens is 390 g/mol. The SMILES string of the molecule is CSc1nc(C)c(CCC(=O)O[C@@H](C)C(=O)c2[nH]c(C)c(C(C)=O)c2C)c(C)n1. The van der Waals surface area contributed by atoms with Crippen LogP contribution < -0.4 is 0 Å². The monoisotopic (exact) mass is 417 g/mol. The molecule has 0 saturated carbocycles. The van der Waals surface area contributed by atoms with Crippen LogP contribution in [0.3, 0.4) is 0 Å². The average Bonchev–Trinajstić information content (AvgIpc) is 2.94. The van der Waals surface area contributed by atoms with Crippen molar-refractivity contribution in [3.63, 3.8) is 0 Å². The van der Waals surface area contributed by atoms with E-state index >= 15 is 0 Å². The van der Waals surface area contributed by atoms with E-state index in [0.29, 0.717) is 34.1 Å². The van der Waals surface area contributed by atoms with Gasteiger partial charge in [-0.25, -0.2) is 9.97 Å². The van der Waals surface area contributed by atoms with E-state index < -0.39 is 12.1 Å². The number of esters is 1. The number of thioether (sulfide) groups is 1. The number of Topliss-reactive ketones (excluding diaryl/α,β-unsaturated/α-hetero) is 2. The molecule has 0 aliphatic carbocycles. The third-order valence-electron chi connectivity index (χ3n) is 4.88. The number of hydrogen-bond acceptors (Lipinski definition) is 7. The average molecular weight is 418 g/mol. The van der Waals surface area contributed by atoms with Crippen molar-refractivity contribution in [2.45, 2.75) is 65.6 Å². The van der Waals surface area contributed by atoms with Gasteiger partial charge in [0, 0.05) is 29.1 Å². The van der Waals surface area contributed by atoms with Crippen LogP contribution in [-0.2, 0) is 16.0 Å². The molecule has 0 aliphatic rings. The lowest BCUT2D eigenvalue weighted by Gasteiger charge is -2.13. The van der Waals surface area contributed by atoms with Gasteiger partial charge in [0.2, 0.25) is 5.78 Å². The highest BCUT2D eigenvalue weighted by molar-refractivity contribution is 7.98. The molecule has 0 amide bonds. The maximum atomic E-state index is 12.7. The van der Waals surface area contributed by atoms with E-state index in [-0.39, 0.29) is 18.0 Å². The van der Waals surface area contributed by atoms with Crippen LogP contribution in [-0.4, -0.2) is 44.8 Å². The van der Waals surface area contributed by atoms with Gasteiger partial charge >= 0.3 is 5.97 Å². The largest absolute Gasteiger partial charge is 0.454 e. The van der Waals surface area contributed by atoms with Gasteiger partial charge in [0.1, 0.15) is 0 Å². The molecule has 29 heavy (non-hydrogen) atoms. The summed E-state index contributed by atoms with van der Waals surface area (Å²) in [6, 6.07) is 0. The zero-order valence-corrected chi connectivity index (χ0v) is 18.7.